The van der Waals surface area contributed by atoms with Crippen LogP contribution in [0.5, 0.6) is 0 Å². The summed E-state index contributed by atoms with van der Waals surface area (Å²) in [4.78, 5) is 10.8. The molecule has 0 radical (unpaired) electrons. The fraction of sp³-hybridized carbons (Fsp3) is 0.231. The molecular formula is C13H13ClN2O2. The van der Waals surface area contributed by atoms with Crippen LogP contribution in [0.15, 0.2) is 30.5 Å². The summed E-state index contributed by atoms with van der Waals surface area (Å²) in [5.41, 5.74) is 1.85. The zero-order chi connectivity index (χ0) is 13.3. The van der Waals surface area contributed by atoms with Gasteiger partial charge in [-0.15, -0.1) is 0 Å². The molecule has 1 heterocycles. The second-order valence-corrected chi connectivity index (χ2v) is 4.66. The van der Waals surface area contributed by atoms with Crippen LogP contribution in [0.4, 0.5) is 0 Å². The number of carboxylic acid groups (broad SMARTS) is 1. The van der Waals surface area contributed by atoms with Crippen LogP contribution in [0.3, 0.4) is 0 Å². The zero-order valence-corrected chi connectivity index (χ0v) is 10.8. The minimum absolute atomic E-state index is 0.180. The molecule has 0 amide bonds. The van der Waals surface area contributed by atoms with Gasteiger partial charge in [0.05, 0.1) is 16.3 Å². The first-order valence-corrected chi connectivity index (χ1v) is 5.95. The molecular weight excluding hydrogens is 252 g/mol. The maximum Gasteiger partial charge on any atom is 0.335 e. The van der Waals surface area contributed by atoms with Crippen molar-refractivity contribution in [3.05, 3.63) is 41.0 Å². The molecule has 0 atom stereocenters. The van der Waals surface area contributed by atoms with Crippen LogP contribution >= 0.6 is 11.6 Å². The molecule has 0 aliphatic carbocycles. The van der Waals surface area contributed by atoms with Gasteiger partial charge < -0.3 is 5.11 Å². The Morgan fingerprint density at radius 2 is 2.11 bits per heavy atom. The normalized spacial score (nSPS) is 10.9. The molecule has 18 heavy (non-hydrogen) atoms. The van der Waals surface area contributed by atoms with Crippen LogP contribution in [-0.2, 0) is 0 Å². The highest BCUT2D eigenvalue weighted by atomic mass is 35.5. The second kappa shape index (κ2) is 4.82. The van der Waals surface area contributed by atoms with Gasteiger partial charge in [0, 0.05) is 17.8 Å². The summed E-state index contributed by atoms with van der Waals surface area (Å²) in [7, 11) is 0. The molecule has 0 saturated carbocycles. The van der Waals surface area contributed by atoms with E-state index in [9.17, 15) is 4.79 Å². The van der Waals surface area contributed by atoms with E-state index in [4.69, 9.17) is 16.7 Å². The zero-order valence-electron chi connectivity index (χ0n) is 10.1. The molecule has 2 rings (SSSR count). The van der Waals surface area contributed by atoms with Crippen LogP contribution in [0, 0.1) is 0 Å². The number of carboxylic acids is 1. The number of hydrogen-bond donors (Lipinski definition) is 1. The van der Waals surface area contributed by atoms with Gasteiger partial charge in [-0.25, -0.2) is 4.79 Å². The number of benzene rings is 1. The molecule has 0 aliphatic heterocycles. The number of aromatic carboxylic acids is 1. The highest BCUT2D eigenvalue weighted by Gasteiger charge is 2.13. The predicted octanol–water partition coefficient (Wildman–Crippen LogP) is 3.48. The van der Waals surface area contributed by atoms with E-state index in [1.54, 1.807) is 18.3 Å². The van der Waals surface area contributed by atoms with Gasteiger partial charge in [0.25, 0.3) is 0 Å². The third-order valence-corrected chi connectivity index (χ3v) is 2.96. The summed E-state index contributed by atoms with van der Waals surface area (Å²) in [6.07, 6.45) is 1.71. The molecule has 1 N–H and O–H groups in total. The standard InChI is InChI=1S/C13H13ClN2O2/c1-8(2)16-12(5-6-15-16)10-4-3-9(13(17)18)7-11(10)14/h3-8H,1-2H3,(H,17,18). The van der Waals surface area contributed by atoms with Gasteiger partial charge in [0.15, 0.2) is 0 Å². The maximum absolute atomic E-state index is 10.8. The van der Waals surface area contributed by atoms with E-state index in [1.807, 2.05) is 24.6 Å². The van der Waals surface area contributed by atoms with Gasteiger partial charge in [-0.1, -0.05) is 17.7 Å². The van der Waals surface area contributed by atoms with E-state index in [0.717, 1.165) is 11.3 Å². The molecule has 5 heteroatoms. The molecule has 0 saturated heterocycles. The first kappa shape index (κ1) is 12.6. The molecule has 2 aromatic rings. The van der Waals surface area contributed by atoms with Crippen molar-refractivity contribution in [1.29, 1.82) is 0 Å². The topological polar surface area (TPSA) is 55.1 Å². The third-order valence-electron chi connectivity index (χ3n) is 2.65. The molecule has 0 fully saturated rings. The Morgan fingerprint density at radius 1 is 1.39 bits per heavy atom. The lowest BCUT2D eigenvalue weighted by Gasteiger charge is -2.12. The van der Waals surface area contributed by atoms with Crippen LogP contribution < -0.4 is 0 Å². The predicted molar refractivity (Wildman–Crippen MR) is 70.0 cm³/mol. The van der Waals surface area contributed by atoms with E-state index in [1.165, 1.54) is 6.07 Å². The van der Waals surface area contributed by atoms with Crippen molar-refractivity contribution in [2.45, 2.75) is 19.9 Å². The van der Waals surface area contributed by atoms with Crippen molar-refractivity contribution in [2.75, 3.05) is 0 Å². The Balaban J connectivity index is 2.51. The summed E-state index contributed by atoms with van der Waals surface area (Å²) in [6.45, 7) is 4.05. The van der Waals surface area contributed by atoms with Crippen LogP contribution in [0.2, 0.25) is 5.02 Å². The summed E-state index contributed by atoms with van der Waals surface area (Å²) >= 11 is 6.14. The summed E-state index contributed by atoms with van der Waals surface area (Å²) in [5.74, 6) is -0.985. The van der Waals surface area contributed by atoms with Gasteiger partial charge in [0.1, 0.15) is 0 Å². The Morgan fingerprint density at radius 3 is 2.67 bits per heavy atom. The summed E-state index contributed by atoms with van der Waals surface area (Å²) in [5, 5.41) is 13.5. The Kier molecular flexibility index (Phi) is 3.39. The molecule has 0 bridgehead atoms. The lowest BCUT2D eigenvalue weighted by atomic mass is 10.1. The van der Waals surface area contributed by atoms with Crippen LogP contribution in [0.25, 0.3) is 11.3 Å². The largest absolute Gasteiger partial charge is 0.478 e. The van der Waals surface area contributed by atoms with E-state index in [2.05, 4.69) is 5.10 Å². The fourth-order valence-electron chi connectivity index (χ4n) is 1.79. The monoisotopic (exact) mass is 264 g/mol. The number of nitrogens with zero attached hydrogens (tertiary/aromatic N) is 2. The first-order chi connectivity index (χ1) is 8.50. The highest BCUT2D eigenvalue weighted by Crippen LogP contribution is 2.30. The van der Waals surface area contributed by atoms with Gasteiger partial charge >= 0.3 is 5.97 Å². The number of halogens is 1. The maximum atomic E-state index is 10.8. The van der Waals surface area contributed by atoms with Crippen molar-refractivity contribution in [2.24, 2.45) is 0 Å². The van der Waals surface area contributed by atoms with E-state index in [-0.39, 0.29) is 11.6 Å². The second-order valence-electron chi connectivity index (χ2n) is 4.25. The first-order valence-electron chi connectivity index (χ1n) is 5.57. The Labute approximate surface area is 110 Å². The fourth-order valence-corrected chi connectivity index (χ4v) is 2.07. The van der Waals surface area contributed by atoms with E-state index >= 15 is 0 Å². The highest BCUT2D eigenvalue weighted by molar-refractivity contribution is 6.33. The van der Waals surface area contributed by atoms with Crippen molar-refractivity contribution < 1.29 is 9.90 Å². The Hall–Kier alpha value is -1.81. The van der Waals surface area contributed by atoms with Crippen molar-refractivity contribution in [3.63, 3.8) is 0 Å². The quantitative estimate of drug-likeness (QED) is 0.923. The van der Waals surface area contributed by atoms with Crippen molar-refractivity contribution in [1.82, 2.24) is 9.78 Å². The number of hydrogen-bond acceptors (Lipinski definition) is 2. The molecule has 4 nitrogen and oxygen atoms in total. The smallest absolute Gasteiger partial charge is 0.335 e. The molecule has 0 spiro atoms. The summed E-state index contributed by atoms with van der Waals surface area (Å²) in [6, 6.07) is 6.78. The van der Waals surface area contributed by atoms with Crippen LogP contribution in [-0.4, -0.2) is 20.9 Å². The SMILES string of the molecule is CC(C)n1nccc1-c1ccc(C(=O)O)cc1Cl. The van der Waals surface area contributed by atoms with Crippen LogP contribution in [0.1, 0.15) is 30.2 Å². The average Bonchev–Trinajstić information content (AvgIpc) is 2.77. The number of rotatable bonds is 3. The molecule has 0 unspecified atom stereocenters. The molecule has 1 aromatic carbocycles. The average molecular weight is 265 g/mol. The van der Waals surface area contributed by atoms with Gasteiger partial charge in [-0.05, 0) is 32.0 Å². The minimum atomic E-state index is -0.985. The lowest BCUT2D eigenvalue weighted by Crippen LogP contribution is -2.05. The van der Waals surface area contributed by atoms with Crippen molar-refractivity contribution >= 4 is 17.6 Å². The molecule has 1 aromatic heterocycles. The molecule has 94 valence electrons. The molecule has 0 aliphatic rings. The third kappa shape index (κ3) is 2.24. The van der Waals surface area contributed by atoms with Gasteiger partial charge in [0.2, 0.25) is 0 Å². The number of aromatic nitrogens is 2. The minimum Gasteiger partial charge on any atom is -0.478 e. The lowest BCUT2D eigenvalue weighted by molar-refractivity contribution is 0.0697. The summed E-state index contributed by atoms with van der Waals surface area (Å²) < 4.78 is 1.85. The number of carbonyl (C=O) groups is 1. The van der Waals surface area contributed by atoms with Gasteiger partial charge in [-0.2, -0.15) is 5.10 Å². The Bertz CT molecular complexity index is 590. The van der Waals surface area contributed by atoms with Crippen molar-refractivity contribution in [3.8, 4) is 11.3 Å². The van der Waals surface area contributed by atoms with Gasteiger partial charge in [-0.3, -0.25) is 4.68 Å². The van der Waals surface area contributed by atoms with E-state index < -0.39 is 5.97 Å². The van der Waals surface area contributed by atoms with E-state index in [0.29, 0.717) is 5.02 Å².